The lowest BCUT2D eigenvalue weighted by Gasteiger charge is -2.13. The first-order valence-corrected chi connectivity index (χ1v) is 9.75. The minimum atomic E-state index is -0.396. The summed E-state index contributed by atoms with van der Waals surface area (Å²) in [7, 11) is 0. The molecular formula is C20H14FN5OS. The number of nitrogens with one attached hydrogen (secondary N) is 2. The predicted molar refractivity (Wildman–Crippen MR) is 109 cm³/mol. The number of halogens is 1. The van der Waals surface area contributed by atoms with E-state index in [1.54, 1.807) is 12.3 Å². The minimum absolute atomic E-state index is 0.118. The van der Waals surface area contributed by atoms with E-state index in [1.165, 1.54) is 23.2 Å². The second-order valence-electron chi connectivity index (χ2n) is 7.23. The average Bonchev–Trinajstić information content (AvgIpc) is 3.19. The number of hydrogen-bond donors (Lipinski definition) is 3. The van der Waals surface area contributed by atoms with Crippen molar-refractivity contribution in [1.29, 1.82) is 0 Å². The highest BCUT2D eigenvalue weighted by atomic mass is 32.1. The zero-order chi connectivity index (χ0) is 19.0. The fraction of sp³-hybridized carbons (Fsp3) is 0.150. The van der Waals surface area contributed by atoms with Crippen LogP contribution in [-0.4, -0.2) is 19.6 Å². The van der Waals surface area contributed by atoms with Crippen LogP contribution in [0.1, 0.15) is 24.3 Å². The summed E-state index contributed by atoms with van der Waals surface area (Å²) >= 11 is 1.36. The number of fused-ring (bicyclic) bond motifs is 4. The Hall–Kier alpha value is -3.26. The zero-order valence-electron chi connectivity index (χ0n) is 14.5. The molecule has 0 bridgehead atoms. The summed E-state index contributed by atoms with van der Waals surface area (Å²) in [6, 6.07) is 5.14. The molecule has 0 atom stereocenters. The summed E-state index contributed by atoms with van der Waals surface area (Å²) < 4.78 is 19.5. The molecule has 28 heavy (non-hydrogen) atoms. The van der Waals surface area contributed by atoms with Crippen LogP contribution in [-0.2, 0) is 0 Å². The molecule has 2 aromatic carbocycles. The van der Waals surface area contributed by atoms with E-state index in [0.717, 1.165) is 33.8 Å². The van der Waals surface area contributed by atoms with Crippen LogP contribution in [0.25, 0.3) is 43.0 Å². The number of rotatable bonds is 2. The van der Waals surface area contributed by atoms with Crippen molar-refractivity contribution in [3.63, 3.8) is 0 Å². The van der Waals surface area contributed by atoms with Gasteiger partial charge in [-0.25, -0.2) is 4.39 Å². The largest absolute Gasteiger partial charge is 0.394 e. The molecule has 138 valence electrons. The van der Waals surface area contributed by atoms with Crippen molar-refractivity contribution in [2.45, 2.75) is 18.8 Å². The molecule has 0 aliphatic heterocycles. The molecular weight excluding hydrogens is 377 g/mol. The molecule has 3 aromatic heterocycles. The number of hydrogen-bond acceptors (Lipinski definition) is 5. The number of aromatic nitrogens is 4. The van der Waals surface area contributed by atoms with Gasteiger partial charge < -0.3 is 10.7 Å². The molecule has 0 spiro atoms. The number of benzene rings is 2. The van der Waals surface area contributed by atoms with Gasteiger partial charge in [-0.3, -0.25) is 9.89 Å². The SMILES string of the molecule is Nc1c(-c2ccc(F)c3[nH]ncc23)c2cc(C3CC3)c3cnsc3c2[nH]c1=O. The predicted octanol–water partition coefficient (Wildman–Crippen LogP) is 4.28. The van der Waals surface area contributed by atoms with Crippen LogP contribution in [0.5, 0.6) is 0 Å². The first-order chi connectivity index (χ1) is 13.6. The molecule has 1 saturated carbocycles. The summed E-state index contributed by atoms with van der Waals surface area (Å²) in [4.78, 5) is 15.6. The molecule has 0 unspecified atom stereocenters. The van der Waals surface area contributed by atoms with Gasteiger partial charge in [0.1, 0.15) is 17.0 Å². The number of anilines is 1. The Morgan fingerprint density at radius 1 is 1.14 bits per heavy atom. The molecule has 4 N–H and O–H groups in total. The summed E-state index contributed by atoms with van der Waals surface area (Å²) in [5, 5.41) is 9.19. The van der Waals surface area contributed by atoms with E-state index < -0.39 is 5.82 Å². The van der Waals surface area contributed by atoms with Crippen LogP contribution >= 0.6 is 11.5 Å². The van der Waals surface area contributed by atoms with Gasteiger partial charge in [0.2, 0.25) is 0 Å². The van der Waals surface area contributed by atoms with E-state index >= 15 is 0 Å². The zero-order valence-corrected chi connectivity index (χ0v) is 15.4. The Morgan fingerprint density at radius 3 is 2.82 bits per heavy atom. The fourth-order valence-corrected chi connectivity index (χ4v) is 4.84. The maximum atomic E-state index is 14.2. The van der Waals surface area contributed by atoms with Crippen molar-refractivity contribution in [2.75, 3.05) is 5.73 Å². The van der Waals surface area contributed by atoms with Gasteiger partial charge >= 0.3 is 0 Å². The first kappa shape index (κ1) is 15.8. The highest BCUT2D eigenvalue weighted by Gasteiger charge is 2.28. The number of nitrogens with two attached hydrogens (primary N) is 1. The maximum Gasteiger partial charge on any atom is 0.272 e. The highest BCUT2D eigenvalue weighted by molar-refractivity contribution is 7.14. The number of pyridine rings is 1. The van der Waals surface area contributed by atoms with Crippen molar-refractivity contribution in [2.24, 2.45) is 0 Å². The second kappa shape index (κ2) is 5.39. The second-order valence-corrected chi connectivity index (χ2v) is 8.03. The van der Waals surface area contributed by atoms with E-state index in [2.05, 4.69) is 25.6 Å². The molecule has 1 aliphatic rings. The Balaban J connectivity index is 1.83. The molecule has 1 aliphatic carbocycles. The van der Waals surface area contributed by atoms with E-state index in [0.29, 0.717) is 27.9 Å². The van der Waals surface area contributed by atoms with Gasteiger partial charge in [0.05, 0.1) is 16.4 Å². The monoisotopic (exact) mass is 391 g/mol. The Labute approximate surface area is 161 Å². The average molecular weight is 391 g/mol. The van der Waals surface area contributed by atoms with Crippen LogP contribution in [0.3, 0.4) is 0 Å². The van der Waals surface area contributed by atoms with Gasteiger partial charge in [0.15, 0.2) is 0 Å². The van der Waals surface area contributed by atoms with Gasteiger partial charge in [-0.2, -0.15) is 9.47 Å². The van der Waals surface area contributed by atoms with Crippen molar-refractivity contribution >= 4 is 49.1 Å². The summed E-state index contributed by atoms with van der Waals surface area (Å²) in [5.41, 5.74) is 9.56. The van der Waals surface area contributed by atoms with Gasteiger partial charge in [-0.15, -0.1) is 0 Å². The number of nitrogen functional groups attached to an aromatic ring is 1. The van der Waals surface area contributed by atoms with E-state index in [1.807, 2.05) is 6.20 Å². The van der Waals surface area contributed by atoms with E-state index in [4.69, 9.17) is 5.73 Å². The molecule has 3 heterocycles. The minimum Gasteiger partial charge on any atom is -0.394 e. The first-order valence-electron chi connectivity index (χ1n) is 8.98. The highest BCUT2D eigenvalue weighted by Crippen LogP contribution is 2.47. The van der Waals surface area contributed by atoms with Crippen molar-refractivity contribution in [1.82, 2.24) is 19.6 Å². The smallest absolute Gasteiger partial charge is 0.272 e. The lowest BCUT2D eigenvalue weighted by atomic mass is 9.94. The molecule has 0 saturated heterocycles. The van der Waals surface area contributed by atoms with E-state index in [-0.39, 0.29) is 11.2 Å². The van der Waals surface area contributed by atoms with Crippen molar-refractivity contribution in [3.05, 3.63) is 52.3 Å². The van der Waals surface area contributed by atoms with Crippen LogP contribution in [0.15, 0.2) is 35.4 Å². The quantitative estimate of drug-likeness (QED) is 0.418. The normalized spacial score (nSPS) is 14.5. The Morgan fingerprint density at radius 2 is 2.00 bits per heavy atom. The van der Waals surface area contributed by atoms with Gasteiger partial charge in [0, 0.05) is 27.9 Å². The number of nitrogens with zero attached hydrogens (tertiary/aromatic N) is 2. The number of H-pyrrole nitrogens is 2. The van der Waals surface area contributed by atoms with Crippen molar-refractivity contribution < 1.29 is 4.39 Å². The molecule has 0 radical (unpaired) electrons. The lowest BCUT2D eigenvalue weighted by Crippen LogP contribution is -2.13. The topological polar surface area (TPSA) is 100 Å². The Kier molecular flexibility index (Phi) is 3.03. The lowest BCUT2D eigenvalue weighted by molar-refractivity contribution is 0.636. The standard InChI is InChI=1S/C20H14FN5OS/c21-14-4-3-9(12-6-23-26-17(12)14)15-11-5-10(8-1-2-8)13-7-24-28-19(13)18(11)25-20(27)16(15)22/h3-8H,1-2,22H2,(H,23,26)(H,25,27). The molecule has 6 nitrogen and oxygen atoms in total. The van der Waals surface area contributed by atoms with Crippen molar-refractivity contribution in [3.8, 4) is 11.1 Å². The molecule has 6 rings (SSSR count). The molecule has 1 fully saturated rings. The summed E-state index contributed by atoms with van der Waals surface area (Å²) in [6.07, 6.45) is 5.72. The van der Waals surface area contributed by atoms with E-state index in [9.17, 15) is 9.18 Å². The Bertz CT molecular complexity index is 1480. The van der Waals surface area contributed by atoms with Crippen LogP contribution in [0.2, 0.25) is 0 Å². The van der Waals surface area contributed by atoms with Crippen LogP contribution in [0.4, 0.5) is 10.1 Å². The van der Waals surface area contributed by atoms with Gasteiger partial charge in [0.25, 0.3) is 5.56 Å². The molecule has 0 amide bonds. The molecule has 5 aromatic rings. The summed E-state index contributed by atoms with van der Waals surface area (Å²) in [6.45, 7) is 0. The third-order valence-corrected chi connectivity index (χ3v) is 6.37. The third-order valence-electron chi connectivity index (χ3n) is 5.55. The summed E-state index contributed by atoms with van der Waals surface area (Å²) in [5.74, 6) is 0.110. The van der Waals surface area contributed by atoms with Crippen LogP contribution in [0, 0.1) is 5.82 Å². The molecule has 8 heteroatoms. The van der Waals surface area contributed by atoms with Gasteiger partial charge in [-0.05, 0) is 53.6 Å². The third kappa shape index (κ3) is 2.03. The number of aromatic amines is 2. The fourth-order valence-electron chi connectivity index (χ4n) is 4.06. The van der Waals surface area contributed by atoms with Crippen LogP contribution < -0.4 is 11.3 Å². The maximum absolute atomic E-state index is 14.2. The van der Waals surface area contributed by atoms with Gasteiger partial charge in [-0.1, -0.05) is 6.07 Å².